The van der Waals surface area contributed by atoms with Crippen LogP contribution in [-0.4, -0.2) is 24.1 Å². The molecule has 1 aliphatic carbocycles. The summed E-state index contributed by atoms with van der Waals surface area (Å²) in [5, 5.41) is 4.08. The second-order valence-electron chi connectivity index (χ2n) is 6.26. The van der Waals surface area contributed by atoms with Gasteiger partial charge in [-0.25, -0.2) is 13.1 Å². The van der Waals surface area contributed by atoms with Crippen molar-refractivity contribution in [2.45, 2.75) is 37.0 Å². The Balaban J connectivity index is 1.65. The second kappa shape index (κ2) is 6.39. The second-order valence-corrected chi connectivity index (χ2v) is 7.94. The minimum atomic E-state index is -3.82. The van der Waals surface area contributed by atoms with Crippen LogP contribution in [0.1, 0.15) is 36.8 Å². The van der Waals surface area contributed by atoms with Crippen molar-refractivity contribution in [3.63, 3.8) is 0 Å². The van der Waals surface area contributed by atoms with Gasteiger partial charge in [0.25, 0.3) is 10.0 Å². The number of rotatable bonds is 6. The van der Waals surface area contributed by atoms with Crippen molar-refractivity contribution in [1.82, 2.24) is 14.5 Å². The van der Waals surface area contributed by atoms with Gasteiger partial charge in [-0.15, -0.1) is 0 Å². The molecule has 128 valence electrons. The zero-order valence-corrected chi connectivity index (χ0v) is 14.6. The highest BCUT2D eigenvalue weighted by Gasteiger charge is 2.45. The lowest BCUT2D eigenvalue weighted by Gasteiger charge is -2.07. The third-order valence-electron chi connectivity index (χ3n) is 4.29. The smallest absolute Gasteiger partial charge is 0.264 e. The topological polar surface area (TPSA) is 81.1 Å². The Morgan fingerprint density at radius 3 is 2.62 bits per heavy atom. The molecule has 6 nitrogen and oxygen atoms in total. The van der Waals surface area contributed by atoms with Crippen molar-refractivity contribution in [3.8, 4) is 0 Å². The predicted molar refractivity (Wildman–Crippen MR) is 89.8 cm³/mol. The summed E-state index contributed by atoms with van der Waals surface area (Å²) in [5.41, 5.74) is 2.06. The normalized spacial score (nSPS) is 19.9. The van der Waals surface area contributed by atoms with Crippen LogP contribution in [0.5, 0.6) is 0 Å². The monoisotopic (exact) mass is 347 g/mol. The van der Waals surface area contributed by atoms with E-state index in [0.29, 0.717) is 6.42 Å². The summed E-state index contributed by atoms with van der Waals surface area (Å²) >= 11 is 0. The number of amides is 1. The molecule has 1 amide bonds. The first-order valence-corrected chi connectivity index (χ1v) is 9.53. The van der Waals surface area contributed by atoms with Crippen molar-refractivity contribution in [1.29, 1.82) is 0 Å². The number of nitrogens with zero attached hydrogens (tertiary/aromatic N) is 2. The van der Waals surface area contributed by atoms with E-state index >= 15 is 0 Å². The van der Waals surface area contributed by atoms with E-state index in [4.69, 9.17) is 0 Å². The third kappa shape index (κ3) is 3.51. The molecule has 2 atom stereocenters. The van der Waals surface area contributed by atoms with Crippen LogP contribution in [0.2, 0.25) is 0 Å². The Labute approximate surface area is 141 Å². The van der Waals surface area contributed by atoms with E-state index in [-0.39, 0.29) is 16.7 Å². The molecule has 1 N–H and O–H groups in total. The molecular formula is C17H21N3O3S. The van der Waals surface area contributed by atoms with Crippen molar-refractivity contribution < 1.29 is 13.2 Å². The Morgan fingerprint density at radius 1 is 1.33 bits per heavy atom. The van der Waals surface area contributed by atoms with Crippen LogP contribution in [0.3, 0.4) is 0 Å². The van der Waals surface area contributed by atoms with Crippen molar-refractivity contribution in [2.75, 3.05) is 0 Å². The van der Waals surface area contributed by atoms with Gasteiger partial charge in [-0.2, -0.15) is 5.10 Å². The summed E-state index contributed by atoms with van der Waals surface area (Å²) < 4.78 is 28.6. The molecule has 1 heterocycles. The molecule has 7 heteroatoms. The lowest BCUT2D eigenvalue weighted by molar-refractivity contribution is -0.120. The maximum Gasteiger partial charge on any atom is 0.264 e. The number of sulfonamides is 1. The van der Waals surface area contributed by atoms with Crippen LogP contribution in [0.25, 0.3) is 0 Å². The Hall–Kier alpha value is -2.15. The summed E-state index contributed by atoms with van der Waals surface area (Å²) in [6.45, 7) is 2.07. The fourth-order valence-electron chi connectivity index (χ4n) is 2.88. The van der Waals surface area contributed by atoms with Crippen LogP contribution in [0, 0.1) is 5.92 Å². The Kier molecular flexibility index (Phi) is 4.45. The molecule has 24 heavy (non-hydrogen) atoms. The molecule has 3 rings (SSSR count). The summed E-state index contributed by atoms with van der Waals surface area (Å²) in [4.78, 5) is 12.4. The first-order valence-electron chi connectivity index (χ1n) is 8.05. The molecule has 0 unspecified atom stereocenters. The van der Waals surface area contributed by atoms with Crippen molar-refractivity contribution in [2.24, 2.45) is 13.0 Å². The molecule has 2 aromatic rings. The van der Waals surface area contributed by atoms with Gasteiger partial charge in [-0.1, -0.05) is 25.5 Å². The zero-order chi connectivity index (χ0) is 17.3. The van der Waals surface area contributed by atoms with Gasteiger partial charge in [-0.05, 0) is 42.0 Å². The van der Waals surface area contributed by atoms with Gasteiger partial charge in [0.15, 0.2) is 0 Å². The van der Waals surface area contributed by atoms with E-state index in [9.17, 15) is 13.2 Å². The summed E-state index contributed by atoms with van der Waals surface area (Å²) in [7, 11) is -2.00. The highest BCUT2D eigenvalue weighted by Crippen LogP contribution is 2.47. The largest absolute Gasteiger partial charge is 0.276 e. The number of benzene rings is 1. The van der Waals surface area contributed by atoms with Gasteiger partial charge in [-0.3, -0.25) is 9.48 Å². The molecule has 0 bridgehead atoms. The lowest BCUT2D eigenvalue weighted by atomic mass is 10.1. The number of carbonyl (C=O) groups is 1. The molecule has 0 aliphatic heterocycles. The molecule has 0 radical (unpaired) electrons. The number of nitrogens with one attached hydrogen (secondary N) is 1. The van der Waals surface area contributed by atoms with Gasteiger partial charge in [0.05, 0.1) is 11.1 Å². The number of aryl methyl sites for hydroxylation is 2. The maximum absolute atomic E-state index is 12.3. The van der Waals surface area contributed by atoms with Gasteiger partial charge >= 0.3 is 0 Å². The third-order valence-corrected chi connectivity index (χ3v) is 5.65. The Morgan fingerprint density at radius 2 is 2.04 bits per heavy atom. The van der Waals surface area contributed by atoms with Crippen molar-refractivity contribution in [3.05, 3.63) is 47.8 Å². The first-order chi connectivity index (χ1) is 11.4. The SMILES string of the molecule is CCCc1ccc(S(=O)(=O)NC(=O)[C@@H]2C[C@H]2c2cnn(C)c2)cc1. The van der Waals surface area contributed by atoms with Gasteiger partial charge < -0.3 is 0 Å². The molecule has 0 spiro atoms. The van der Waals surface area contributed by atoms with Crippen LogP contribution < -0.4 is 4.72 Å². The predicted octanol–water partition coefficient (Wildman–Crippen LogP) is 1.98. The molecule has 1 aliphatic rings. The summed E-state index contributed by atoms with van der Waals surface area (Å²) in [6, 6.07) is 6.68. The quantitative estimate of drug-likeness (QED) is 0.866. The minimum absolute atomic E-state index is 0.0563. The standard InChI is InChI=1S/C17H21N3O3S/c1-3-4-12-5-7-14(8-6-12)24(22,23)19-17(21)16-9-15(16)13-10-18-20(2)11-13/h5-8,10-11,15-16H,3-4,9H2,1-2H3,(H,19,21)/t15-,16+/m0/s1. The average molecular weight is 347 g/mol. The van der Waals surface area contributed by atoms with Gasteiger partial charge in [0.2, 0.25) is 5.91 Å². The van der Waals surface area contributed by atoms with Crippen molar-refractivity contribution >= 4 is 15.9 Å². The van der Waals surface area contributed by atoms with E-state index in [1.54, 1.807) is 35.1 Å². The van der Waals surface area contributed by atoms with E-state index < -0.39 is 15.9 Å². The van der Waals surface area contributed by atoms with Crippen LogP contribution >= 0.6 is 0 Å². The van der Waals surface area contributed by atoms with E-state index in [1.807, 2.05) is 13.2 Å². The average Bonchev–Trinajstić information content (AvgIpc) is 3.23. The molecule has 1 saturated carbocycles. The first kappa shape index (κ1) is 16.7. The van der Waals surface area contributed by atoms with E-state index in [0.717, 1.165) is 24.0 Å². The number of carbonyl (C=O) groups excluding carboxylic acids is 1. The Bertz CT molecular complexity index is 840. The van der Waals surface area contributed by atoms with E-state index in [1.165, 1.54) is 0 Å². The minimum Gasteiger partial charge on any atom is -0.276 e. The molecule has 0 saturated heterocycles. The van der Waals surface area contributed by atoms with Crippen LogP contribution in [-0.2, 0) is 28.3 Å². The van der Waals surface area contributed by atoms with E-state index in [2.05, 4.69) is 16.7 Å². The summed E-state index contributed by atoms with van der Waals surface area (Å²) in [6.07, 6.45) is 6.14. The highest BCUT2D eigenvalue weighted by molar-refractivity contribution is 7.90. The molecule has 1 fully saturated rings. The molecular weight excluding hydrogens is 326 g/mol. The zero-order valence-electron chi connectivity index (χ0n) is 13.8. The number of hydrogen-bond acceptors (Lipinski definition) is 4. The van der Waals surface area contributed by atoms with Gasteiger partial charge in [0, 0.05) is 19.2 Å². The lowest BCUT2D eigenvalue weighted by Crippen LogP contribution is -2.32. The maximum atomic E-state index is 12.3. The highest BCUT2D eigenvalue weighted by atomic mass is 32.2. The fraction of sp³-hybridized carbons (Fsp3) is 0.412. The fourth-order valence-corrected chi connectivity index (χ4v) is 3.90. The summed E-state index contributed by atoms with van der Waals surface area (Å²) in [5.74, 6) is -0.689. The van der Waals surface area contributed by atoms with Gasteiger partial charge in [0.1, 0.15) is 0 Å². The molecule has 1 aromatic carbocycles. The van der Waals surface area contributed by atoms with Crippen LogP contribution in [0.4, 0.5) is 0 Å². The van der Waals surface area contributed by atoms with Crippen LogP contribution in [0.15, 0.2) is 41.6 Å². The number of aromatic nitrogens is 2. The number of hydrogen-bond donors (Lipinski definition) is 1. The molecule has 1 aromatic heterocycles.